The lowest BCUT2D eigenvalue weighted by atomic mass is 10.2. The van der Waals surface area contributed by atoms with Crippen molar-refractivity contribution in [2.75, 3.05) is 53.6 Å². The highest BCUT2D eigenvalue weighted by Crippen LogP contribution is 2.30. The third-order valence-electron chi connectivity index (χ3n) is 5.68. The van der Waals surface area contributed by atoms with Crippen LogP contribution in [0.3, 0.4) is 0 Å². The summed E-state index contributed by atoms with van der Waals surface area (Å²) in [7, 11) is -3.65. The minimum atomic E-state index is -3.65. The Morgan fingerprint density at radius 1 is 1.06 bits per heavy atom. The molecule has 0 saturated heterocycles. The number of carbonyl (C=O) groups excluding carboxylic acids is 2. The van der Waals surface area contributed by atoms with Gasteiger partial charge in [0.2, 0.25) is 21.8 Å². The maximum atomic E-state index is 13.1. The number of amides is 2. The lowest BCUT2D eigenvalue weighted by molar-refractivity contribution is -0.120. The maximum Gasteiger partial charge on any atom is 0.246 e. The first-order valence-electron chi connectivity index (χ1n) is 11.6. The first-order valence-corrected chi connectivity index (χ1v) is 13.1. The molecule has 0 atom stereocenters. The second-order valence-electron chi connectivity index (χ2n) is 7.98. The molecule has 184 valence electrons. The monoisotopic (exact) mass is 487 g/mol. The summed E-state index contributed by atoms with van der Waals surface area (Å²) >= 11 is 0. The van der Waals surface area contributed by atoms with E-state index in [-0.39, 0.29) is 29.8 Å². The summed E-state index contributed by atoms with van der Waals surface area (Å²) in [6, 6.07) is 12.0. The van der Waals surface area contributed by atoms with Gasteiger partial charge in [-0.2, -0.15) is 4.31 Å². The number of nitrogens with zero attached hydrogens (tertiary/aromatic N) is 2. The zero-order chi connectivity index (χ0) is 24.7. The van der Waals surface area contributed by atoms with Crippen molar-refractivity contribution in [3.8, 4) is 0 Å². The van der Waals surface area contributed by atoms with Crippen LogP contribution < -0.4 is 20.9 Å². The van der Waals surface area contributed by atoms with Gasteiger partial charge in [0.25, 0.3) is 0 Å². The molecular formula is C24H33N5O4S. The van der Waals surface area contributed by atoms with Crippen molar-refractivity contribution in [1.82, 2.24) is 4.31 Å². The third-order valence-corrected chi connectivity index (χ3v) is 7.73. The Morgan fingerprint density at radius 3 is 2.50 bits per heavy atom. The van der Waals surface area contributed by atoms with Gasteiger partial charge in [-0.3, -0.25) is 14.5 Å². The van der Waals surface area contributed by atoms with E-state index in [0.29, 0.717) is 30.2 Å². The van der Waals surface area contributed by atoms with Gasteiger partial charge in [0.15, 0.2) is 0 Å². The van der Waals surface area contributed by atoms with Crippen LogP contribution >= 0.6 is 0 Å². The highest BCUT2D eigenvalue weighted by Gasteiger charge is 2.27. The summed E-state index contributed by atoms with van der Waals surface area (Å²) in [6.45, 7) is 6.97. The molecule has 1 aliphatic rings. The van der Waals surface area contributed by atoms with Gasteiger partial charge in [0.1, 0.15) is 6.54 Å². The van der Waals surface area contributed by atoms with E-state index in [0.717, 1.165) is 25.1 Å². The fourth-order valence-electron chi connectivity index (χ4n) is 3.82. The quantitative estimate of drug-likeness (QED) is 0.420. The van der Waals surface area contributed by atoms with Crippen LogP contribution in [0.5, 0.6) is 0 Å². The van der Waals surface area contributed by atoms with Crippen molar-refractivity contribution in [2.45, 2.75) is 38.5 Å². The fraction of sp³-hybridized carbons (Fsp3) is 0.417. The number of carbonyl (C=O) groups is 2. The summed E-state index contributed by atoms with van der Waals surface area (Å²) in [5.41, 5.74) is 2.46. The van der Waals surface area contributed by atoms with E-state index in [2.05, 4.69) is 22.9 Å². The molecule has 0 bridgehead atoms. The Balaban J connectivity index is 1.85. The largest absolute Gasteiger partial charge is 0.383 e. The van der Waals surface area contributed by atoms with Gasteiger partial charge in [0, 0.05) is 19.6 Å². The van der Waals surface area contributed by atoms with Crippen molar-refractivity contribution in [3.05, 3.63) is 42.5 Å². The molecular weight excluding hydrogens is 454 g/mol. The first-order chi connectivity index (χ1) is 16.3. The Kier molecular flexibility index (Phi) is 8.51. The van der Waals surface area contributed by atoms with Crippen LogP contribution in [-0.4, -0.2) is 57.3 Å². The number of nitrogens with one attached hydrogen (secondary N) is 3. The van der Waals surface area contributed by atoms with Crippen molar-refractivity contribution in [2.24, 2.45) is 0 Å². The summed E-state index contributed by atoms with van der Waals surface area (Å²) in [5, 5.41) is 9.19. The number of para-hydroxylation sites is 2. The normalized spacial score (nSPS) is 13.4. The predicted octanol–water partition coefficient (Wildman–Crippen LogP) is 3.33. The van der Waals surface area contributed by atoms with E-state index in [1.54, 1.807) is 56.3 Å². The van der Waals surface area contributed by atoms with Gasteiger partial charge >= 0.3 is 0 Å². The molecule has 3 rings (SSSR count). The molecule has 0 unspecified atom stereocenters. The van der Waals surface area contributed by atoms with Gasteiger partial charge in [-0.1, -0.05) is 39.3 Å². The molecule has 0 spiro atoms. The highest BCUT2D eigenvalue weighted by molar-refractivity contribution is 7.89. The topological polar surface area (TPSA) is 111 Å². The van der Waals surface area contributed by atoms with E-state index >= 15 is 0 Å². The third kappa shape index (κ3) is 5.68. The fourth-order valence-corrected chi connectivity index (χ4v) is 5.30. The van der Waals surface area contributed by atoms with Crippen LogP contribution in [0.25, 0.3) is 0 Å². The predicted molar refractivity (Wildman–Crippen MR) is 136 cm³/mol. The zero-order valence-electron chi connectivity index (χ0n) is 19.9. The Bertz CT molecular complexity index is 1130. The molecule has 3 N–H and O–H groups in total. The molecule has 2 aromatic rings. The zero-order valence-corrected chi connectivity index (χ0v) is 20.7. The highest BCUT2D eigenvalue weighted by atomic mass is 32.2. The van der Waals surface area contributed by atoms with Gasteiger partial charge in [-0.15, -0.1) is 0 Å². The average Bonchev–Trinajstić information content (AvgIpc) is 2.83. The second kappa shape index (κ2) is 11.3. The first kappa shape index (κ1) is 25.5. The number of unbranched alkanes of at least 4 members (excludes halogenated alkanes) is 1. The average molecular weight is 488 g/mol. The van der Waals surface area contributed by atoms with Crippen LogP contribution in [0.1, 0.15) is 33.6 Å². The summed E-state index contributed by atoms with van der Waals surface area (Å²) in [6.07, 6.45) is 1.97. The number of hydrogen-bond acceptors (Lipinski definition) is 6. The Labute approximate surface area is 201 Å². The number of fused-ring (bicyclic) bond motifs is 1. The van der Waals surface area contributed by atoms with E-state index in [1.807, 2.05) is 0 Å². The minimum Gasteiger partial charge on any atom is -0.383 e. The summed E-state index contributed by atoms with van der Waals surface area (Å²) < 4.78 is 27.5. The molecule has 0 saturated carbocycles. The molecule has 9 nitrogen and oxygen atoms in total. The number of anilines is 4. The standard InChI is InChI=1S/C24H33N5O4S/c1-4-7-14-25-19-13-12-18(34(32,33)28(5-2)6-3)15-21(19)26-16-24(31)29-17-23(30)27-20-10-8-9-11-22(20)29/h8-13,15,25-26H,4-7,14,16-17H2,1-3H3,(H,27,30). The van der Waals surface area contributed by atoms with Crippen molar-refractivity contribution >= 4 is 44.6 Å². The van der Waals surface area contributed by atoms with E-state index < -0.39 is 10.0 Å². The molecule has 1 aliphatic heterocycles. The molecule has 0 fully saturated rings. The second-order valence-corrected chi connectivity index (χ2v) is 9.91. The Hall–Kier alpha value is -3.11. The Morgan fingerprint density at radius 2 is 1.79 bits per heavy atom. The van der Waals surface area contributed by atoms with Crippen LogP contribution in [0, 0.1) is 0 Å². The molecule has 1 heterocycles. The molecule has 10 heteroatoms. The number of rotatable bonds is 11. The van der Waals surface area contributed by atoms with Crippen LogP contribution in [-0.2, 0) is 19.6 Å². The smallest absolute Gasteiger partial charge is 0.246 e. The molecule has 0 aromatic heterocycles. The maximum absolute atomic E-state index is 13.1. The van der Waals surface area contributed by atoms with Gasteiger partial charge in [-0.05, 0) is 36.8 Å². The number of sulfonamides is 1. The SMILES string of the molecule is CCCCNc1ccc(S(=O)(=O)N(CC)CC)cc1NCC(=O)N1CC(=O)Nc2ccccc21. The van der Waals surface area contributed by atoms with Gasteiger partial charge < -0.3 is 16.0 Å². The van der Waals surface area contributed by atoms with E-state index in [1.165, 1.54) is 9.21 Å². The van der Waals surface area contributed by atoms with Gasteiger partial charge in [-0.25, -0.2) is 8.42 Å². The van der Waals surface area contributed by atoms with Crippen LogP contribution in [0.2, 0.25) is 0 Å². The van der Waals surface area contributed by atoms with Crippen LogP contribution in [0.15, 0.2) is 47.4 Å². The molecule has 0 radical (unpaired) electrons. The number of benzene rings is 2. The number of hydrogen-bond donors (Lipinski definition) is 3. The lowest BCUT2D eigenvalue weighted by Gasteiger charge is -2.29. The van der Waals surface area contributed by atoms with Crippen molar-refractivity contribution < 1.29 is 18.0 Å². The lowest BCUT2D eigenvalue weighted by Crippen LogP contribution is -2.44. The molecule has 34 heavy (non-hydrogen) atoms. The molecule has 2 aromatic carbocycles. The van der Waals surface area contributed by atoms with Crippen molar-refractivity contribution in [1.29, 1.82) is 0 Å². The van der Waals surface area contributed by atoms with Crippen LogP contribution in [0.4, 0.5) is 22.7 Å². The van der Waals surface area contributed by atoms with Crippen molar-refractivity contribution in [3.63, 3.8) is 0 Å². The summed E-state index contributed by atoms with van der Waals surface area (Å²) in [4.78, 5) is 26.7. The summed E-state index contributed by atoms with van der Waals surface area (Å²) in [5.74, 6) is -0.555. The van der Waals surface area contributed by atoms with E-state index in [4.69, 9.17) is 0 Å². The minimum absolute atomic E-state index is 0.0739. The molecule has 2 amide bonds. The molecule has 0 aliphatic carbocycles. The van der Waals surface area contributed by atoms with Gasteiger partial charge in [0.05, 0.1) is 34.2 Å². The van der Waals surface area contributed by atoms with E-state index in [9.17, 15) is 18.0 Å².